The van der Waals surface area contributed by atoms with E-state index >= 15 is 0 Å². The topological polar surface area (TPSA) is 116 Å². The number of sulfone groups is 1. The summed E-state index contributed by atoms with van der Waals surface area (Å²) in [5.41, 5.74) is 11.9. The lowest BCUT2D eigenvalue weighted by Crippen LogP contribution is -2.24. The van der Waals surface area contributed by atoms with Gasteiger partial charge in [0, 0.05) is 5.56 Å². The van der Waals surface area contributed by atoms with E-state index in [-0.39, 0.29) is 22.2 Å². The first-order valence-electron chi connectivity index (χ1n) is 5.31. The zero-order chi connectivity index (χ0) is 13.5. The van der Waals surface area contributed by atoms with Crippen molar-refractivity contribution >= 4 is 21.7 Å². The summed E-state index contributed by atoms with van der Waals surface area (Å²) in [6.45, 7) is 1.72. The van der Waals surface area contributed by atoms with Gasteiger partial charge < -0.3 is 11.5 Å². The molecule has 1 aliphatic heterocycles. The monoisotopic (exact) mass is 267 g/mol. The van der Waals surface area contributed by atoms with Gasteiger partial charge in [-0.2, -0.15) is 4.99 Å². The molecule has 0 aromatic heterocycles. The summed E-state index contributed by atoms with van der Waals surface area (Å²) in [6, 6.07) is 3.07. The van der Waals surface area contributed by atoms with E-state index in [9.17, 15) is 13.2 Å². The molecule has 1 heterocycles. The highest BCUT2D eigenvalue weighted by Gasteiger charge is 2.28. The van der Waals surface area contributed by atoms with Crippen LogP contribution in [0.4, 0.5) is 0 Å². The molecule has 1 aromatic rings. The van der Waals surface area contributed by atoms with Gasteiger partial charge in [0.15, 0.2) is 15.8 Å². The third-order valence-corrected chi connectivity index (χ3v) is 4.64. The molecular weight excluding hydrogens is 254 g/mol. The zero-order valence-corrected chi connectivity index (χ0v) is 10.6. The van der Waals surface area contributed by atoms with Crippen molar-refractivity contribution in [3.05, 3.63) is 28.8 Å². The number of benzene rings is 1. The summed E-state index contributed by atoms with van der Waals surface area (Å²) in [7, 11) is -3.27. The Balaban J connectivity index is 2.59. The van der Waals surface area contributed by atoms with Crippen LogP contribution < -0.4 is 11.5 Å². The number of nitrogens with zero attached hydrogens (tertiary/aromatic N) is 1. The van der Waals surface area contributed by atoms with Gasteiger partial charge in [-0.05, 0) is 30.5 Å². The second kappa shape index (κ2) is 4.09. The summed E-state index contributed by atoms with van der Waals surface area (Å²) < 4.78 is 23.5. The number of hydrogen-bond donors (Lipinski definition) is 2. The number of aryl methyl sites for hydroxylation is 2. The molecule has 0 bridgehead atoms. The highest BCUT2D eigenvalue weighted by atomic mass is 32.2. The molecule has 4 N–H and O–H groups in total. The van der Waals surface area contributed by atoms with Gasteiger partial charge in [0.1, 0.15) is 0 Å². The maximum absolute atomic E-state index is 11.8. The smallest absolute Gasteiger partial charge is 0.280 e. The molecule has 0 aliphatic carbocycles. The highest BCUT2D eigenvalue weighted by molar-refractivity contribution is 7.91. The van der Waals surface area contributed by atoms with Crippen molar-refractivity contribution in [1.29, 1.82) is 0 Å². The molecule has 0 saturated carbocycles. The third kappa shape index (κ3) is 2.08. The van der Waals surface area contributed by atoms with Gasteiger partial charge >= 0.3 is 0 Å². The lowest BCUT2D eigenvalue weighted by molar-refractivity contribution is 0.100. The minimum atomic E-state index is -3.27. The van der Waals surface area contributed by atoms with Crippen molar-refractivity contribution in [2.45, 2.75) is 18.2 Å². The van der Waals surface area contributed by atoms with Crippen LogP contribution in [-0.4, -0.2) is 26.0 Å². The van der Waals surface area contributed by atoms with E-state index in [0.29, 0.717) is 12.0 Å². The Labute approximate surface area is 105 Å². The molecule has 96 valence electrons. The molecule has 0 saturated heterocycles. The second-order valence-electron chi connectivity index (χ2n) is 4.19. The van der Waals surface area contributed by atoms with Crippen LogP contribution in [-0.2, 0) is 16.3 Å². The van der Waals surface area contributed by atoms with Gasteiger partial charge in [0.25, 0.3) is 5.91 Å². The van der Waals surface area contributed by atoms with Gasteiger partial charge in [-0.1, -0.05) is 6.07 Å². The van der Waals surface area contributed by atoms with Gasteiger partial charge in [-0.15, -0.1) is 0 Å². The van der Waals surface area contributed by atoms with E-state index in [0.717, 1.165) is 5.56 Å². The molecule has 0 unspecified atom stereocenters. The number of guanidine groups is 1. The molecule has 1 aromatic carbocycles. The van der Waals surface area contributed by atoms with Crippen molar-refractivity contribution in [3.8, 4) is 0 Å². The normalized spacial score (nSPS) is 16.1. The van der Waals surface area contributed by atoms with E-state index in [1.807, 2.05) is 0 Å². The van der Waals surface area contributed by atoms with Crippen LogP contribution in [0.25, 0.3) is 0 Å². The number of rotatable bonds is 1. The number of hydrogen-bond acceptors (Lipinski definition) is 3. The Morgan fingerprint density at radius 3 is 2.61 bits per heavy atom. The largest absolute Gasteiger partial charge is 0.370 e. The van der Waals surface area contributed by atoms with Crippen LogP contribution in [0.3, 0.4) is 0 Å². The molecule has 0 radical (unpaired) electrons. The first kappa shape index (κ1) is 12.6. The Kier molecular flexibility index (Phi) is 2.86. The maximum atomic E-state index is 11.8. The van der Waals surface area contributed by atoms with Crippen molar-refractivity contribution in [2.24, 2.45) is 16.5 Å². The van der Waals surface area contributed by atoms with Gasteiger partial charge in [-0.25, -0.2) is 8.42 Å². The number of nitrogens with two attached hydrogens (primary N) is 2. The standard InChI is InChI=1S/C11H13N3O3S/c1-6-4-7-2-3-18(16,17)9(7)5-8(6)10(15)14-11(12)13/h4-5H,2-3H2,1H3,(H4,12,13,14,15). The minimum Gasteiger partial charge on any atom is -0.370 e. The SMILES string of the molecule is Cc1cc2c(cc1C(=O)N=C(N)N)S(=O)(=O)CC2. The third-order valence-electron chi connectivity index (χ3n) is 2.84. The lowest BCUT2D eigenvalue weighted by atomic mass is 10.0. The molecular formula is C11H13N3O3S. The fourth-order valence-electron chi connectivity index (χ4n) is 1.99. The maximum Gasteiger partial charge on any atom is 0.280 e. The van der Waals surface area contributed by atoms with Crippen molar-refractivity contribution < 1.29 is 13.2 Å². The predicted molar refractivity (Wildman–Crippen MR) is 67.1 cm³/mol. The second-order valence-corrected chi connectivity index (χ2v) is 6.26. The van der Waals surface area contributed by atoms with E-state index < -0.39 is 15.7 Å². The van der Waals surface area contributed by atoms with Crippen molar-refractivity contribution in [2.75, 3.05) is 5.75 Å². The van der Waals surface area contributed by atoms with E-state index in [1.165, 1.54) is 6.07 Å². The summed E-state index contributed by atoms with van der Waals surface area (Å²) in [6.07, 6.45) is 0.481. The lowest BCUT2D eigenvalue weighted by Gasteiger charge is -2.05. The van der Waals surface area contributed by atoms with Crippen LogP contribution in [0, 0.1) is 6.92 Å². The Morgan fingerprint density at radius 2 is 2.00 bits per heavy atom. The number of amides is 1. The van der Waals surface area contributed by atoms with E-state index in [2.05, 4.69) is 4.99 Å². The van der Waals surface area contributed by atoms with E-state index in [1.54, 1.807) is 13.0 Å². The average molecular weight is 267 g/mol. The Morgan fingerprint density at radius 1 is 1.33 bits per heavy atom. The Hall–Kier alpha value is -1.89. The van der Waals surface area contributed by atoms with Crippen LogP contribution in [0.2, 0.25) is 0 Å². The molecule has 18 heavy (non-hydrogen) atoms. The molecule has 0 spiro atoms. The average Bonchev–Trinajstić information content (AvgIpc) is 2.52. The number of fused-ring (bicyclic) bond motifs is 1. The summed E-state index contributed by atoms with van der Waals surface area (Å²) >= 11 is 0. The van der Waals surface area contributed by atoms with Crippen molar-refractivity contribution in [3.63, 3.8) is 0 Å². The Bertz CT molecular complexity index is 658. The summed E-state index contributed by atoms with van der Waals surface area (Å²) in [5, 5.41) is 0. The molecule has 0 atom stereocenters. The molecule has 0 fully saturated rings. The molecule has 1 amide bonds. The molecule has 6 nitrogen and oxygen atoms in total. The fourth-order valence-corrected chi connectivity index (χ4v) is 3.56. The molecule has 7 heteroatoms. The quantitative estimate of drug-likeness (QED) is 0.537. The number of aliphatic imine (C=N–C) groups is 1. The van der Waals surface area contributed by atoms with Crippen LogP contribution in [0.5, 0.6) is 0 Å². The fraction of sp³-hybridized carbons (Fsp3) is 0.273. The molecule has 1 aliphatic rings. The van der Waals surface area contributed by atoms with Gasteiger partial charge in [0.05, 0.1) is 10.6 Å². The van der Waals surface area contributed by atoms with Crippen LogP contribution >= 0.6 is 0 Å². The number of carbonyl (C=O) groups is 1. The summed E-state index contributed by atoms with van der Waals surface area (Å²) in [5.74, 6) is -0.887. The van der Waals surface area contributed by atoms with Crippen LogP contribution in [0.15, 0.2) is 22.0 Å². The van der Waals surface area contributed by atoms with E-state index in [4.69, 9.17) is 11.5 Å². The predicted octanol–water partition coefficient (Wildman–Crippen LogP) is -0.262. The van der Waals surface area contributed by atoms with Gasteiger partial charge in [0.2, 0.25) is 0 Å². The summed E-state index contributed by atoms with van der Waals surface area (Å²) in [4.78, 5) is 15.4. The zero-order valence-electron chi connectivity index (χ0n) is 9.80. The van der Waals surface area contributed by atoms with Gasteiger partial charge in [-0.3, -0.25) is 4.79 Å². The molecule has 2 rings (SSSR count). The van der Waals surface area contributed by atoms with Crippen LogP contribution in [0.1, 0.15) is 21.5 Å². The number of carbonyl (C=O) groups excluding carboxylic acids is 1. The minimum absolute atomic E-state index is 0.0850. The first-order chi connectivity index (χ1) is 8.31. The first-order valence-corrected chi connectivity index (χ1v) is 6.97. The van der Waals surface area contributed by atoms with Crippen molar-refractivity contribution in [1.82, 2.24) is 0 Å². The highest BCUT2D eigenvalue weighted by Crippen LogP contribution is 2.29.